The molecule has 2 aromatic rings. The van der Waals surface area contributed by atoms with Gasteiger partial charge < -0.3 is 25.0 Å². The van der Waals surface area contributed by atoms with Gasteiger partial charge in [0, 0.05) is 33.8 Å². The number of hydrogen-bond acceptors (Lipinski definition) is 9. The lowest BCUT2D eigenvalue weighted by Gasteiger charge is -2.38. The zero-order valence-corrected chi connectivity index (χ0v) is 20.7. The average molecular weight is 533 g/mol. The van der Waals surface area contributed by atoms with Crippen LogP contribution in [0.2, 0.25) is 0 Å². The summed E-state index contributed by atoms with van der Waals surface area (Å²) in [6.45, 7) is 4.60. The minimum absolute atomic E-state index is 0.0365. The van der Waals surface area contributed by atoms with E-state index >= 15 is 0 Å². The van der Waals surface area contributed by atoms with Crippen molar-refractivity contribution in [2.45, 2.75) is 42.5 Å². The number of rotatable bonds is 10. The van der Waals surface area contributed by atoms with E-state index in [2.05, 4.69) is 20.9 Å². The van der Waals surface area contributed by atoms with Crippen molar-refractivity contribution >= 4 is 44.7 Å². The minimum Gasteiger partial charge on any atom is -0.395 e. The maximum Gasteiger partial charge on any atom is 0.140 e. The maximum atomic E-state index is 14.4. The second kappa shape index (κ2) is 11.1. The molecule has 4 N–H and O–H groups in total. The molecule has 1 aromatic carbocycles. The van der Waals surface area contributed by atoms with Crippen molar-refractivity contribution < 1.29 is 18.6 Å². The molecule has 0 amide bonds. The van der Waals surface area contributed by atoms with E-state index in [0.717, 1.165) is 10.2 Å². The van der Waals surface area contributed by atoms with Crippen LogP contribution in [0.15, 0.2) is 39.1 Å². The minimum atomic E-state index is -0.520. The first-order chi connectivity index (χ1) is 14.8. The van der Waals surface area contributed by atoms with Crippen molar-refractivity contribution in [1.82, 2.24) is 9.99 Å². The number of thioether (sulfide) groups is 1. The third-order valence-electron chi connectivity index (χ3n) is 4.66. The summed E-state index contributed by atoms with van der Waals surface area (Å²) in [6.07, 6.45) is 1.00. The number of ether oxygens (including phenoxy) is 3. The van der Waals surface area contributed by atoms with Gasteiger partial charge in [0.15, 0.2) is 0 Å². The number of halogens is 2. The third kappa shape index (κ3) is 6.64. The van der Waals surface area contributed by atoms with E-state index in [4.69, 9.17) is 25.8 Å². The fourth-order valence-electron chi connectivity index (χ4n) is 2.83. The first-order valence-corrected chi connectivity index (χ1v) is 12.1. The molecule has 7 nitrogen and oxygen atoms in total. The summed E-state index contributed by atoms with van der Waals surface area (Å²) in [5, 5.41) is 4.06. The summed E-state index contributed by atoms with van der Waals surface area (Å²) in [5.74, 6) is 5.86. The molecule has 0 bridgehead atoms. The molecule has 0 saturated carbocycles. The fourth-order valence-corrected chi connectivity index (χ4v) is 5.23. The van der Waals surface area contributed by atoms with Gasteiger partial charge in [-0.2, -0.15) is 0 Å². The Balaban J connectivity index is 1.75. The second-order valence-electron chi connectivity index (χ2n) is 7.12. The van der Waals surface area contributed by atoms with Gasteiger partial charge in [0.25, 0.3) is 0 Å². The van der Waals surface area contributed by atoms with Gasteiger partial charge in [-0.05, 0) is 32.0 Å². The summed E-state index contributed by atoms with van der Waals surface area (Å²) >= 11 is 6.09. The van der Waals surface area contributed by atoms with Crippen LogP contribution in [0, 0.1) is 12.7 Å². The third-order valence-corrected chi connectivity index (χ3v) is 7.38. The highest BCUT2D eigenvalue weighted by atomic mass is 79.9. The molecule has 3 unspecified atom stereocenters. The number of nitrogens with two attached hydrogens (primary N) is 2. The molecule has 11 heteroatoms. The Morgan fingerprint density at radius 3 is 2.90 bits per heavy atom. The zero-order valence-electron chi connectivity index (χ0n) is 17.5. The lowest BCUT2D eigenvalue weighted by Crippen LogP contribution is -2.50. The maximum absolute atomic E-state index is 14.4. The molecule has 1 fully saturated rings. The summed E-state index contributed by atoms with van der Waals surface area (Å²) in [6, 6.07) is 4.78. The zero-order chi connectivity index (χ0) is 22.5. The number of thiazole rings is 1. The smallest absolute Gasteiger partial charge is 0.140 e. The summed E-state index contributed by atoms with van der Waals surface area (Å²) < 4.78 is 32.5. The van der Waals surface area contributed by atoms with Gasteiger partial charge in [-0.15, -0.1) is 11.3 Å². The van der Waals surface area contributed by atoms with Crippen LogP contribution >= 0.6 is 39.0 Å². The normalized spacial score (nSPS) is 20.9. The van der Waals surface area contributed by atoms with E-state index in [9.17, 15) is 4.39 Å². The van der Waals surface area contributed by atoms with Crippen LogP contribution in [0.4, 0.5) is 4.39 Å². The van der Waals surface area contributed by atoms with Crippen LogP contribution in [-0.2, 0) is 14.2 Å². The van der Waals surface area contributed by atoms with Crippen molar-refractivity contribution in [1.29, 1.82) is 0 Å². The fraction of sp³-hybridized carbons (Fsp3) is 0.450. The molecule has 1 saturated heterocycles. The number of methoxy groups -OCH3 is 1. The first-order valence-electron chi connectivity index (χ1n) is 9.59. The lowest BCUT2D eigenvalue weighted by atomic mass is 10.1. The van der Waals surface area contributed by atoms with Crippen LogP contribution in [-0.4, -0.2) is 54.0 Å². The van der Waals surface area contributed by atoms with Crippen LogP contribution in [0.5, 0.6) is 0 Å². The lowest BCUT2D eigenvalue weighted by molar-refractivity contribution is -0.198. The molecule has 2 heterocycles. The van der Waals surface area contributed by atoms with Crippen LogP contribution in [0.3, 0.4) is 0 Å². The Labute approximate surface area is 198 Å². The number of nitrogens with zero attached hydrogens (tertiary/aromatic N) is 2. The molecule has 3 rings (SSSR count). The molecule has 0 radical (unpaired) electrons. The van der Waals surface area contributed by atoms with Crippen molar-refractivity contribution in [3.8, 4) is 0 Å². The van der Waals surface area contributed by atoms with E-state index in [-0.39, 0.29) is 24.6 Å². The topological polar surface area (TPSA) is 95.9 Å². The van der Waals surface area contributed by atoms with Crippen molar-refractivity contribution in [3.63, 3.8) is 0 Å². The van der Waals surface area contributed by atoms with E-state index < -0.39 is 11.5 Å². The Bertz CT molecular complexity index is 916. The SMILES string of the molecule is CO[C@@H](CN(N)/C=C(\N)c1nc(C)cs1)C(OC1COC1C)Sc1cc(Br)ccc1F. The van der Waals surface area contributed by atoms with E-state index in [0.29, 0.717) is 22.2 Å². The molecule has 170 valence electrons. The number of aryl methyl sites for hydroxylation is 1. The van der Waals surface area contributed by atoms with Gasteiger partial charge in [-0.3, -0.25) is 0 Å². The van der Waals surface area contributed by atoms with Gasteiger partial charge >= 0.3 is 0 Å². The Kier molecular flexibility index (Phi) is 8.74. The monoisotopic (exact) mass is 532 g/mol. The molecule has 0 aliphatic carbocycles. The highest BCUT2D eigenvalue weighted by Gasteiger charge is 2.35. The number of benzene rings is 1. The molecule has 1 aromatic heterocycles. The van der Waals surface area contributed by atoms with Gasteiger partial charge in [-0.1, -0.05) is 27.7 Å². The Morgan fingerprint density at radius 1 is 1.55 bits per heavy atom. The standard InChI is InChI=1S/C20H26BrFN4O3S2/c1-11-10-30-19(25-11)15(23)7-26(24)8-16(27-3)20(29-17-9-28-12(17)2)31-18-6-13(21)4-5-14(18)22/h4-7,10,12,16-17,20H,8-9,23-24H2,1-3H3/b15-7-/t12?,16-,17?,20?/m0/s1. The summed E-state index contributed by atoms with van der Waals surface area (Å²) in [4.78, 5) is 4.81. The summed E-state index contributed by atoms with van der Waals surface area (Å²) in [5.41, 5.74) is 6.96. The van der Waals surface area contributed by atoms with E-state index in [1.807, 2.05) is 19.2 Å². The van der Waals surface area contributed by atoms with Crippen LogP contribution < -0.4 is 11.6 Å². The first kappa shape index (κ1) is 24.4. The van der Waals surface area contributed by atoms with Crippen LogP contribution in [0.1, 0.15) is 17.6 Å². The van der Waals surface area contributed by atoms with E-state index in [1.165, 1.54) is 34.2 Å². The number of hydrogen-bond donors (Lipinski definition) is 2. The molecule has 31 heavy (non-hydrogen) atoms. The quantitative estimate of drug-likeness (QED) is 0.207. The van der Waals surface area contributed by atoms with Crippen LogP contribution in [0.25, 0.3) is 5.70 Å². The van der Waals surface area contributed by atoms with Gasteiger partial charge in [0.1, 0.15) is 28.5 Å². The molecular formula is C20H26BrFN4O3S2. The average Bonchev–Trinajstić information content (AvgIpc) is 3.17. The molecule has 1 aliphatic rings. The number of aromatic nitrogens is 1. The van der Waals surface area contributed by atoms with Gasteiger partial charge in [0.05, 0.1) is 25.0 Å². The second-order valence-corrected chi connectivity index (χ2v) is 10.0. The Hall–Kier alpha value is -1.21. The predicted octanol–water partition coefficient (Wildman–Crippen LogP) is 3.72. The highest BCUT2D eigenvalue weighted by Crippen LogP contribution is 2.34. The van der Waals surface area contributed by atoms with Crippen molar-refractivity contribution in [3.05, 3.63) is 50.8 Å². The molecule has 4 atom stereocenters. The summed E-state index contributed by atoms with van der Waals surface area (Å²) in [7, 11) is 1.57. The number of hydrazine groups is 1. The molecule has 0 spiro atoms. The van der Waals surface area contributed by atoms with Crippen molar-refractivity contribution in [2.24, 2.45) is 11.6 Å². The van der Waals surface area contributed by atoms with Crippen molar-refractivity contribution in [2.75, 3.05) is 20.3 Å². The van der Waals surface area contributed by atoms with E-state index in [1.54, 1.807) is 25.4 Å². The Morgan fingerprint density at radius 2 is 2.32 bits per heavy atom. The highest BCUT2D eigenvalue weighted by molar-refractivity contribution is 9.10. The molecular weight excluding hydrogens is 507 g/mol. The van der Waals surface area contributed by atoms with Gasteiger partial charge in [-0.25, -0.2) is 15.2 Å². The molecule has 1 aliphatic heterocycles. The van der Waals surface area contributed by atoms with Gasteiger partial charge in [0.2, 0.25) is 0 Å². The largest absolute Gasteiger partial charge is 0.395 e. The predicted molar refractivity (Wildman–Crippen MR) is 125 cm³/mol.